The molecule has 30 heavy (non-hydrogen) atoms. The molecule has 158 valence electrons. The molecule has 9 heteroatoms. The fraction of sp³-hybridized carbons (Fsp3) is 0.333. The number of carbonyl (C=O) groups is 1. The number of hydrogen-bond donors (Lipinski definition) is 1. The van der Waals surface area contributed by atoms with Crippen LogP contribution in [0.2, 0.25) is 0 Å². The summed E-state index contributed by atoms with van der Waals surface area (Å²) in [4.78, 5) is 17.7. The smallest absolute Gasteiger partial charge is 0.244 e. The highest BCUT2D eigenvalue weighted by Crippen LogP contribution is 2.31. The average molecular weight is 446 g/mol. The summed E-state index contributed by atoms with van der Waals surface area (Å²) in [6, 6.07) is 9.46. The Kier molecular flexibility index (Phi) is 5.52. The number of nitrogens with zero attached hydrogens (tertiary/aromatic N) is 2. The number of fused-ring (bicyclic) bond motifs is 1. The summed E-state index contributed by atoms with van der Waals surface area (Å²) >= 11 is 1.39. The predicted molar refractivity (Wildman–Crippen MR) is 118 cm³/mol. The topological polar surface area (TPSA) is 88.6 Å². The lowest BCUT2D eigenvalue weighted by atomic mass is 10.1. The molecule has 1 aromatic heterocycles. The molecule has 0 saturated carbocycles. The minimum absolute atomic E-state index is 0.147. The average Bonchev–Trinajstić information content (AvgIpc) is 3.38. The van der Waals surface area contributed by atoms with Gasteiger partial charge in [-0.1, -0.05) is 17.4 Å². The Morgan fingerprint density at radius 1 is 1.20 bits per heavy atom. The first kappa shape index (κ1) is 20.8. The van der Waals surface area contributed by atoms with E-state index in [9.17, 15) is 13.2 Å². The van der Waals surface area contributed by atoms with E-state index < -0.39 is 16.1 Å². The van der Waals surface area contributed by atoms with Gasteiger partial charge in [-0.2, -0.15) is 4.31 Å². The van der Waals surface area contributed by atoms with Crippen LogP contribution in [0.5, 0.6) is 5.75 Å². The molecule has 1 unspecified atom stereocenters. The van der Waals surface area contributed by atoms with Crippen LogP contribution in [0.15, 0.2) is 41.3 Å². The number of methoxy groups -OCH3 is 1. The van der Waals surface area contributed by atoms with E-state index in [1.54, 1.807) is 12.1 Å². The maximum atomic E-state index is 13.1. The van der Waals surface area contributed by atoms with Crippen molar-refractivity contribution in [3.8, 4) is 5.75 Å². The third kappa shape index (κ3) is 3.68. The van der Waals surface area contributed by atoms with E-state index in [1.165, 1.54) is 34.9 Å². The minimum atomic E-state index is -3.79. The number of anilines is 1. The molecule has 2 heterocycles. The summed E-state index contributed by atoms with van der Waals surface area (Å²) in [6.07, 6.45) is 1.11. The molecule has 1 atom stereocenters. The zero-order chi connectivity index (χ0) is 21.5. The lowest BCUT2D eigenvalue weighted by molar-refractivity contribution is -0.119. The molecule has 1 saturated heterocycles. The Morgan fingerprint density at radius 3 is 2.63 bits per heavy atom. The molecule has 7 nitrogen and oxygen atoms in total. The highest BCUT2D eigenvalue weighted by molar-refractivity contribution is 7.89. The van der Waals surface area contributed by atoms with E-state index in [0.29, 0.717) is 30.3 Å². The number of nitrogens with one attached hydrogen (secondary N) is 1. The number of benzene rings is 2. The molecular weight excluding hydrogens is 422 g/mol. The predicted octanol–water partition coefficient (Wildman–Crippen LogP) is 3.71. The third-order valence-corrected chi connectivity index (χ3v) is 8.35. The SMILES string of the molecule is COc1ccc(S(=O)(=O)N2CCCC2C(=O)Nc2nc3c(C)c(C)ccc3s2)cc1. The van der Waals surface area contributed by atoms with Gasteiger partial charge in [-0.15, -0.1) is 0 Å². The summed E-state index contributed by atoms with van der Waals surface area (Å²) in [5, 5.41) is 3.32. The molecule has 1 aliphatic rings. The number of thiazole rings is 1. The van der Waals surface area contributed by atoms with Crippen molar-refractivity contribution >= 4 is 42.6 Å². The zero-order valence-corrected chi connectivity index (χ0v) is 18.6. The van der Waals surface area contributed by atoms with Crippen LogP contribution < -0.4 is 10.1 Å². The quantitative estimate of drug-likeness (QED) is 0.647. The number of aromatic nitrogens is 1. The summed E-state index contributed by atoms with van der Waals surface area (Å²) < 4.78 is 33.6. The molecule has 3 aromatic rings. The van der Waals surface area contributed by atoms with Crippen LogP contribution in [-0.2, 0) is 14.8 Å². The monoisotopic (exact) mass is 445 g/mol. The number of carbonyl (C=O) groups excluding carboxylic acids is 1. The molecule has 0 radical (unpaired) electrons. The van der Waals surface area contributed by atoms with Crippen LogP contribution in [-0.4, -0.2) is 43.3 Å². The molecule has 0 aliphatic carbocycles. The normalized spacial score (nSPS) is 17.4. The van der Waals surface area contributed by atoms with Gasteiger partial charge in [-0.25, -0.2) is 13.4 Å². The molecular formula is C21H23N3O4S2. The number of hydrogen-bond acceptors (Lipinski definition) is 6. The van der Waals surface area contributed by atoms with Gasteiger partial charge in [-0.05, 0) is 68.1 Å². The Morgan fingerprint density at radius 2 is 1.93 bits per heavy atom. The van der Waals surface area contributed by atoms with Crippen molar-refractivity contribution in [2.75, 3.05) is 19.0 Å². The summed E-state index contributed by atoms with van der Waals surface area (Å²) in [5.74, 6) is 0.226. The van der Waals surface area contributed by atoms with Crippen LogP contribution in [0.4, 0.5) is 5.13 Å². The second-order valence-corrected chi connectivity index (χ2v) is 10.2. The Hall–Kier alpha value is -2.49. The number of rotatable bonds is 5. The molecule has 4 rings (SSSR count). The van der Waals surface area contributed by atoms with Crippen LogP contribution in [0.1, 0.15) is 24.0 Å². The number of ether oxygens (including phenoxy) is 1. The second-order valence-electron chi connectivity index (χ2n) is 7.31. The fourth-order valence-electron chi connectivity index (χ4n) is 3.64. The Balaban J connectivity index is 1.57. The summed E-state index contributed by atoms with van der Waals surface area (Å²) in [6.45, 7) is 4.33. The Labute approximate surface area is 179 Å². The van der Waals surface area contributed by atoms with Gasteiger partial charge in [0.1, 0.15) is 11.8 Å². The minimum Gasteiger partial charge on any atom is -0.497 e. The van der Waals surface area contributed by atoms with Crippen molar-refractivity contribution in [3.63, 3.8) is 0 Å². The zero-order valence-electron chi connectivity index (χ0n) is 17.0. The first-order chi connectivity index (χ1) is 14.3. The van der Waals surface area contributed by atoms with E-state index >= 15 is 0 Å². The molecule has 1 amide bonds. The van der Waals surface area contributed by atoms with E-state index in [2.05, 4.69) is 10.3 Å². The van der Waals surface area contributed by atoms with Gasteiger partial charge in [0.15, 0.2) is 5.13 Å². The molecule has 1 N–H and O–H groups in total. The number of aryl methyl sites for hydroxylation is 2. The van der Waals surface area contributed by atoms with Gasteiger partial charge in [0.05, 0.1) is 22.2 Å². The maximum absolute atomic E-state index is 13.1. The largest absolute Gasteiger partial charge is 0.497 e. The van der Waals surface area contributed by atoms with Crippen molar-refractivity contribution in [1.29, 1.82) is 0 Å². The van der Waals surface area contributed by atoms with E-state index in [-0.39, 0.29) is 10.8 Å². The highest BCUT2D eigenvalue weighted by Gasteiger charge is 2.39. The molecule has 1 aliphatic heterocycles. The van der Waals surface area contributed by atoms with Crippen molar-refractivity contribution < 1.29 is 17.9 Å². The van der Waals surface area contributed by atoms with Crippen LogP contribution in [0.25, 0.3) is 10.2 Å². The van der Waals surface area contributed by atoms with Gasteiger partial charge < -0.3 is 10.1 Å². The Bertz CT molecular complexity index is 1200. The number of amides is 1. The van der Waals surface area contributed by atoms with Gasteiger partial charge in [0.2, 0.25) is 15.9 Å². The van der Waals surface area contributed by atoms with Crippen LogP contribution in [0, 0.1) is 13.8 Å². The third-order valence-electron chi connectivity index (χ3n) is 5.49. The maximum Gasteiger partial charge on any atom is 0.244 e. The van der Waals surface area contributed by atoms with E-state index in [0.717, 1.165) is 21.3 Å². The van der Waals surface area contributed by atoms with Crippen molar-refractivity contribution in [3.05, 3.63) is 47.5 Å². The second kappa shape index (κ2) is 7.98. The first-order valence-corrected chi connectivity index (χ1v) is 11.9. The summed E-state index contributed by atoms with van der Waals surface area (Å²) in [5.41, 5.74) is 3.08. The highest BCUT2D eigenvalue weighted by atomic mass is 32.2. The van der Waals surface area contributed by atoms with Gasteiger partial charge in [0, 0.05) is 6.54 Å². The lowest BCUT2D eigenvalue weighted by Crippen LogP contribution is -2.43. The molecule has 0 spiro atoms. The lowest BCUT2D eigenvalue weighted by Gasteiger charge is -2.23. The first-order valence-electron chi connectivity index (χ1n) is 9.65. The van der Waals surface area contributed by atoms with Gasteiger partial charge in [-0.3, -0.25) is 4.79 Å². The molecule has 1 fully saturated rings. The van der Waals surface area contributed by atoms with Crippen molar-refractivity contribution in [1.82, 2.24) is 9.29 Å². The standard InChI is InChI=1S/C21H23N3O4S2/c1-13-6-11-18-19(14(13)2)22-21(29-18)23-20(25)17-5-4-12-24(17)30(26,27)16-9-7-15(28-3)8-10-16/h6-11,17H,4-5,12H2,1-3H3,(H,22,23,25). The van der Waals surface area contributed by atoms with Gasteiger partial charge in [0.25, 0.3) is 0 Å². The van der Waals surface area contributed by atoms with E-state index in [1.807, 2.05) is 26.0 Å². The van der Waals surface area contributed by atoms with Crippen LogP contribution in [0.3, 0.4) is 0 Å². The molecule has 0 bridgehead atoms. The number of sulfonamides is 1. The van der Waals surface area contributed by atoms with Crippen molar-refractivity contribution in [2.24, 2.45) is 0 Å². The fourth-order valence-corrected chi connectivity index (χ4v) is 6.23. The van der Waals surface area contributed by atoms with E-state index in [4.69, 9.17) is 4.74 Å². The van der Waals surface area contributed by atoms with Crippen LogP contribution >= 0.6 is 11.3 Å². The van der Waals surface area contributed by atoms with Crippen molar-refractivity contribution in [2.45, 2.75) is 37.6 Å². The molecule has 2 aromatic carbocycles. The summed E-state index contributed by atoms with van der Waals surface area (Å²) in [7, 11) is -2.26. The van der Waals surface area contributed by atoms with Gasteiger partial charge >= 0.3 is 0 Å².